The molecule has 0 aliphatic carbocycles. The lowest BCUT2D eigenvalue weighted by Crippen LogP contribution is -2.09. The summed E-state index contributed by atoms with van der Waals surface area (Å²) in [6.45, 7) is 4.02. The molecule has 0 heterocycles. The molecule has 0 fully saturated rings. The van der Waals surface area contributed by atoms with E-state index in [1.54, 1.807) is 0 Å². The molecule has 0 saturated heterocycles. The first kappa shape index (κ1) is 12.0. The van der Waals surface area contributed by atoms with E-state index in [9.17, 15) is 4.21 Å². The van der Waals surface area contributed by atoms with E-state index in [0.29, 0.717) is 26.4 Å². The van der Waals surface area contributed by atoms with Crippen molar-refractivity contribution < 1.29 is 22.4 Å². The fraction of sp³-hybridized carbons (Fsp3) is 1.00. The van der Waals surface area contributed by atoms with Crippen LogP contribution in [0.5, 0.6) is 0 Å². The highest BCUT2D eigenvalue weighted by atomic mass is 32.2. The average molecular weight is 198 g/mol. The average Bonchev–Trinajstić information content (AvgIpc) is 2.02. The van der Waals surface area contributed by atoms with Gasteiger partial charge in [-0.25, -0.2) is 0 Å². The van der Waals surface area contributed by atoms with Gasteiger partial charge in [0.25, 0.3) is 0 Å². The molecule has 1 atom stereocenters. The quantitative estimate of drug-likeness (QED) is 0.445. The molecule has 12 heavy (non-hydrogen) atoms. The molecule has 1 unspecified atom stereocenters. The zero-order valence-corrected chi connectivity index (χ0v) is 7.84. The molecular formula is C6H14O5S. The molecule has 0 aromatic carbocycles. The van der Waals surface area contributed by atoms with E-state index < -0.39 is 11.4 Å². The molecular weight excluding hydrogens is 184 g/mol. The van der Waals surface area contributed by atoms with Crippen molar-refractivity contribution in [3.05, 3.63) is 0 Å². The Bertz CT molecular complexity index is 119. The van der Waals surface area contributed by atoms with Crippen LogP contribution in [0.25, 0.3) is 0 Å². The minimum Gasteiger partial charge on any atom is -0.379 e. The molecule has 5 nitrogen and oxygen atoms in total. The summed E-state index contributed by atoms with van der Waals surface area (Å²) in [6, 6.07) is 0. The molecule has 0 saturated carbocycles. The minimum atomic E-state index is -2.19. The molecule has 1 N–H and O–H groups in total. The van der Waals surface area contributed by atoms with Crippen molar-refractivity contribution >= 4 is 11.4 Å². The van der Waals surface area contributed by atoms with E-state index in [0.717, 1.165) is 0 Å². The fourth-order valence-electron chi connectivity index (χ4n) is 0.528. The predicted octanol–water partition coefficient (Wildman–Crippen LogP) is 0.193. The van der Waals surface area contributed by atoms with E-state index in [-0.39, 0.29) is 6.61 Å². The Balaban J connectivity index is 2.86. The first-order chi connectivity index (χ1) is 5.77. The normalized spacial score (nSPS) is 13.2. The van der Waals surface area contributed by atoms with Gasteiger partial charge in [0, 0.05) is 6.61 Å². The largest absolute Gasteiger partial charge is 0.379 e. The zero-order valence-electron chi connectivity index (χ0n) is 7.02. The first-order valence-electron chi connectivity index (χ1n) is 3.67. The van der Waals surface area contributed by atoms with Gasteiger partial charge in [-0.3, -0.25) is 8.74 Å². The minimum absolute atomic E-state index is 0.120. The van der Waals surface area contributed by atoms with E-state index >= 15 is 0 Å². The fourth-order valence-corrected chi connectivity index (χ4v) is 0.739. The van der Waals surface area contributed by atoms with Crippen LogP contribution in [0.1, 0.15) is 6.92 Å². The summed E-state index contributed by atoms with van der Waals surface area (Å²) in [5.74, 6) is 0. The van der Waals surface area contributed by atoms with Crippen molar-refractivity contribution in [3.63, 3.8) is 0 Å². The lowest BCUT2D eigenvalue weighted by atomic mass is 10.7. The lowest BCUT2D eigenvalue weighted by molar-refractivity contribution is 0.0411. The van der Waals surface area contributed by atoms with Gasteiger partial charge >= 0.3 is 11.4 Å². The van der Waals surface area contributed by atoms with Gasteiger partial charge in [-0.2, -0.15) is 4.21 Å². The molecule has 0 radical (unpaired) electrons. The summed E-state index contributed by atoms with van der Waals surface area (Å²) in [5, 5.41) is 0. The number of hydrogen-bond donors (Lipinski definition) is 1. The maximum Gasteiger partial charge on any atom is 0.301 e. The molecule has 0 aliphatic rings. The van der Waals surface area contributed by atoms with Crippen molar-refractivity contribution in [2.75, 3.05) is 33.0 Å². The summed E-state index contributed by atoms with van der Waals surface area (Å²) >= 11 is -2.19. The Morgan fingerprint density at radius 1 is 1.17 bits per heavy atom. The standard InChI is InChI=1S/C6H14O5S/c1-2-9-3-4-10-5-6-11-12(7)8/h2-6H2,1H3,(H,7,8). The molecule has 0 aliphatic heterocycles. The Morgan fingerprint density at radius 3 is 2.33 bits per heavy atom. The van der Waals surface area contributed by atoms with E-state index in [2.05, 4.69) is 4.18 Å². The third kappa shape index (κ3) is 9.99. The van der Waals surface area contributed by atoms with Crippen molar-refractivity contribution in [1.82, 2.24) is 0 Å². The molecule has 0 amide bonds. The molecule has 0 bridgehead atoms. The van der Waals surface area contributed by atoms with Crippen molar-refractivity contribution in [2.24, 2.45) is 0 Å². The topological polar surface area (TPSA) is 65.0 Å². The van der Waals surface area contributed by atoms with Gasteiger partial charge in [0.05, 0.1) is 26.4 Å². The van der Waals surface area contributed by atoms with Gasteiger partial charge in [0.2, 0.25) is 0 Å². The maximum absolute atomic E-state index is 9.94. The van der Waals surface area contributed by atoms with Gasteiger partial charge in [0.1, 0.15) is 0 Å². The Labute approximate surface area is 74.5 Å². The molecule has 74 valence electrons. The van der Waals surface area contributed by atoms with Crippen LogP contribution in [-0.4, -0.2) is 41.8 Å². The van der Waals surface area contributed by atoms with E-state index in [1.807, 2.05) is 6.92 Å². The Morgan fingerprint density at radius 2 is 1.75 bits per heavy atom. The third-order valence-corrected chi connectivity index (χ3v) is 1.36. The second-order valence-electron chi connectivity index (χ2n) is 1.85. The van der Waals surface area contributed by atoms with Crippen LogP contribution in [0.4, 0.5) is 0 Å². The second kappa shape index (κ2) is 9.08. The number of hydrogen-bond acceptors (Lipinski definition) is 4. The third-order valence-electron chi connectivity index (χ3n) is 0.988. The smallest absolute Gasteiger partial charge is 0.301 e. The highest BCUT2D eigenvalue weighted by molar-refractivity contribution is 7.74. The molecule has 0 aromatic rings. The van der Waals surface area contributed by atoms with Crippen LogP contribution in [0, 0.1) is 0 Å². The highest BCUT2D eigenvalue weighted by Gasteiger charge is 1.92. The highest BCUT2D eigenvalue weighted by Crippen LogP contribution is 1.82. The molecule has 6 heteroatoms. The van der Waals surface area contributed by atoms with Gasteiger partial charge in [0.15, 0.2) is 0 Å². The molecule has 0 rings (SSSR count). The Kier molecular flexibility index (Phi) is 9.07. The van der Waals surface area contributed by atoms with E-state index in [4.69, 9.17) is 14.0 Å². The molecule has 0 aromatic heterocycles. The summed E-state index contributed by atoms with van der Waals surface area (Å²) in [4.78, 5) is 0. The zero-order chi connectivity index (χ0) is 9.23. The summed E-state index contributed by atoms with van der Waals surface area (Å²) in [6.07, 6.45) is 0. The maximum atomic E-state index is 9.94. The van der Waals surface area contributed by atoms with Gasteiger partial charge in [-0.15, -0.1) is 0 Å². The van der Waals surface area contributed by atoms with Crippen LogP contribution in [0.2, 0.25) is 0 Å². The monoisotopic (exact) mass is 198 g/mol. The van der Waals surface area contributed by atoms with Crippen molar-refractivity contribution in [1.29, 1.82) is 0 Å². The SMILES string of the molecule is CCOCCOCCOS(=O)O. The summed E-state index contributed by atoms with van der Waals surface area (Å²) in [7, 11) is 0. The lowest BCUT2D eigenvalue weighted by Gasteiger charge is -2.02. The number of rotatable bonds is 8. The van der Waals surface area contributed by atoms with Crippen LogP contribution in [0.15, 0.2) is 0 Å². The second-order valence-corrected chi connectivity index (χ2v) is 2.52. The van der Waals surface area contributed by atoms with Crippen LogP contribution < -0.4 is 0 Å². The Hall–Kier alpha value is -0.0100. The van der Waals surface area contributed by atoms with Crippen LogP contribution in [-0.2, 0) is 25.0 Å². The summed E-state index contributed by atoms with van der Waals surface area (Å²) in [5.41, 5.74) is 0. The first-order valence-corrected chi connectivity index (χ1v) is 4.70. The van der Waals surface area contributed by atoms with Gasteiger partial charge in [-0.1, -0.05) is 0 Å². The van der Waals surface area contributed by atoms with E-state index in [1.165, 1.54) is 0 Å². The van der Waals surface area contributed by atoms with Crippen LogP contribution in [0.3, 0.4) is 0 Å². The predicted molar refractivity (Wildman–Crippen MR) is 44.0 cm³/mol. The van der Waals surface area contributed by atoms with Crippen molar-refractivity contribution in [3.8, 4) is 0 Å². The molecule has 0 spiro atoms. The van der Waals surface area contributed by atoms with Gasteiger partial charge < -0.3 is 9.47 Å². The van der Waals surface area contributed by atoms with Crippen molar-refractivity contribution in [2.45, 2.75) is 6.92 Å². The van der Waals surface area contributed by atoms with Crippen LogP contribution >= 0.6 is 0 Å². The summed E-state index contributed by atoms with van der Waals surface area (Å²) < 4.78 is 32.4. The number of ether oxygens (including phenoxy) is 2. The van der Waals surface area contributed by atoms with Gasteiger partial charge in [-0.05, 0) is 6.92 Å².